The van der Waals surface area contributed by atoms with Crippen LogP contribution in [0.1, 0.15) is 16.3 Å². The van der Waals surface area contributed by atoms with Gasteiger partial charge in [-0.2, -0.15) is 4.98 Å². The first kappa shape index (κ1) is 16.7. The summed E-state index contributed by atoms with van der Waals surface area (Å²) >= 11 is 3.09. The molecule has 0 bridgehead atoms. The molecule has 124 valence electrons. The molecule has 1 N–H and O–H groups in total. The molecule has 2 aromatic heterocycles. The van der Waals surface area contributed by atoms with Crippen molar-refractivity contribution in [1.29, 1.82) is 0 Å². The van der Waals surface area contributed by atoms with Crippen LogP contribution in [0.3, 0.4) is 0 Å². The summed E-state index contributed by atoms with van der Waals surface area (Å²) in [7, 11) is 0. The fourth-order valence-corrected chi connectivity index (χ4v) is 3.34. The molecule has 3 aromatic rings. The molecule has 0 saturated heterocycles. The lowest BCUT2D eigenvalue weighted by Crippen LogP contribution is -2.24. The molecule has 0 atom stereocenters. The number of aryl methyl sites for hydroxylation is 1. The number of benzene rings is 1. The summed E-state index contributed by atoms with van der Waals surface area (Å²) in [6, 6.07) is 11.9. The van der Waals surface area contributed by atoms with E-state index in [1.807, 2.05) is 48.7 Å². The van der Waals surface area contributed by atoms with Gasteiger partial charge in [-0.3, -0.25) is 4.79 Å². The standard InChI is InChI=1S/C17H17N3O2S2/c1-12-4-6-13(7-5-12)17-19-16(22-20-17)11-23-10-15(21)18-9-14-3-2-8-24-14/h2-8H,9-11H2,1H3,(H,18,21). The third-order valence-electron chi connectivity index (χ3n) is 3.28. The Labute approximate surface area is 148 Å². The Morgan fingerprint density at radius 3 is 2.88 bits per heavy atom. The Hall–Kier alpha value is -2.12. The number of rotatable bonds is 7. The van der Waals surface area contributed by atoms with Crippen molar-refractivity contribution in [3.05, 3.63) is 58.1 Å². The second kappa shape index (κ2) is 8.12. The number of aromatic nitrogens is 2. The summed E-state index contributed by atoms with van der Waals surface area (Å²) < 4.78 is 5.24. The molecular weight excluding hydrogens is 342 g/mol. The molecule has 0 radical (unpaired) electrons. The van der Waals surface area contributed by atoms with Gasteiger partial charge in [0.1, 0.15) is 0 Å². The minimum absolute atomic E-state index is 0.00618. The Balaban J connectivity index is 1.43. The molecule has 0 fully saturated rings. The molecule has 3 rings (SSSR count). The van der Waals surface area contributed by atoms with Gasteiger partial charge < -0.3 is 9.84 Å². The normalized spacial score (nSPS) is 10.7. The van der Waals surface area contributed by atoms with E-state index in [2.05, 4.69) is 15.5 Å². The van der Waals surface area contributed by atoms with E-state index in [9.17, 15) is 4.79 Å². The lowest BCUT2D eigenvalue weighted by molar-refractivity contribution is -0.118. The van der Waals surface area contributed by atoms with Crippen LogP contribution in [0.5, 0.6) is 0 Å². The molecule has 0 aliphatic rings. The van der Waals surface area contributed by atoms with Crippen LogP contribution >= 0.6 is 23.1 Å². The number of carbonyl (C=O) groups is 1. The molecule has 2 heterocycles. The van der Waals surface area contributed by atoms with E-state index in [0.717, 1.165) is 10.4 Å². The average Bonchev–Trinajstić information content (AvgIpc) is 3.25. The number of hydrogen-bond acceptors (Lipinski definition) is 6. The van der Waals surface area contributed by atoms with Crippen LogP contribution in [0.15, 0.2) is 46.3 Å². The molecule has 1 amide bonds. The van der Waals surface area contributed by atoms with Crippen molar-refractivity contribution in [3.63, 3.8) is 0 Å². The van der Waals surface area contributed by atoms with Gasteiger partial charge in [0.15, 0.2) is 0 Å². The largest absolute Gasteiger partial charge is 0.350 e. The number of thioether (sulfide) groups is 1. The Bertz CT molecular complexity index is 783. The van der Waals surface area contributed by atoms with Crippen LogP contribution < -0.4 is 5.32 Å². The number of nitrogens with one attached hydrogen (secondary N) is 1. The van der Waals surface area contributed by atoms with Crippen molar-refractivity contribution < 1.29 is 9.32 Å². The molecule has 0 saturated carbocycles. The van der Waals surface area contributed by atoms with E-state index in [1.54, 1.807) is 11.3 Å². The van der Waals surface area contributed by atoms with Gasteiger partial charge in [-0.1, -0.05) is 41.1 Å². The van der Waals surface area contributed by atoms with Crippen molar-refractivity contribution in [2.75, 3.05) is 5.75 Å². The van der Waals surface area contributed by atoms with Gasteiger partial charge in [-0.25, -0.2) is 0 Å². The minimum Gasteiger partial charge on any atom is -0.350 e. The molecule has 7 heteroatoms. The van der Waals surface area contributed by atoms with Crippen LogP contribution in [-0.2, 0) is 17.1 Å². The summed E-state index contributed by atoms with van der Waals surface area (Å²) in [5.74, 6) is 2.00. The topological polar surface area (TPSA) is 68.0 Å². The average molecular weight is 359 g/mol. The van der Waals surface area contributed by atoms with Crippen LogP contribution in [0.4, 0.5) is 0 Å². The molecule has 0 spiro atoms. The van der Waals surface area contributed by atoms with Gasteiger partial charge in [0.25, 0.3) is 0 Å². The third-order valence-corrected chi connectivity index (χ3v) is 5.07. The lowest BCUT2D eigenvalue weighted by atomic mass is 10.1. The maximum atomic E-state index is 11.8. The van der Waals surface area contributed by atoms with Gasteiger partial charge in [0, 0.05) is 10.4 Å². The van der Waals surface area contributed by atoms with Gasteiger partial charge >= 0.3 is 0 Å². The lowest BCUT2D eigenvalue weighted by Gasteiger charge is -2.02. The van der Waals surface area contributed by atoms with E-state index < -0.39 is 0 Å². The highest BCUT2D eigenvalue weighted by Gasteiger charge is 2.09. The number of hydrogen-bond donors (Lipinski definition) is 1. The van der Waals surface area contributed by atoms with Crippen LogP contribution in [0, 0.1) is 6.92 Å². The highest BCUT2D eigenvalue weighted by Crippen LogP contribution is 2.18. The first-order valence-corrected chi connectivity index (χ1v) is 9.50. The summed E-state index contributed by atoms with van der Waals surface area (Å²) in [6.45, 7) is 2.61. The fourth-order valence-electron chi connectivity index (χ4n) is 2.01. The summed E-state index contributed by atoms with van der Waals surface area (Å²) in [6.07, 6.45) is 0. The quantitative estimate of drug-likeness (QED) is 0.697. The third kappa shape index (κ3) is 4.69. The molecule has 0 aliphatic heterocycles. The number of thiophene rings is 1. The van der Waals surface area contributed by atoms with Crippen molar-refractivity contribution in [2.45, 2.75) is 19.2 Å². The number of amides is 1. The van der Waals surface area contributed by atoms with E-state index in [4.69, 9.17) is 4.52 Å². The highest BCUT2D eigenvalue weighted by molar-refractivity contribution is 7.99. The Morgan fingerprint density at radius 2 is 2.12 bits per heavy atom. The van der Waals surface area contributed by atoms with E-state index in [-0.39, 0.29) is 5.91 Å². The van der Waals surface area contributed by atoms with Crippen molar-refractivity contribution in [2.24, 2.45) is 0 Å². The SMILES string of the molecule is Cc1ccc(-c2noc(CSCC(=O)NCc3cccs3)n2)cc1. The number of nitrogens with zero attached hydrogens (tertiary/aromatic N) is 2. The zero-order valence-electron chi connectivity index (χ0n) is 13.2. The first-order valence-electron chi connectivity index (χ1n) is 7.47. The minimum atomic E-state index is 0.00618. The van der Waals surface area contributed by atoms with Gasteiger partial charge in [-0.05, 0) is 18.4 Å². The maximum absolute atomic E-state index is 11.8. The van der Waals surface area contributed by atoms with E-state index in [0.29, 0.717) is 29.8 Å². The zero-order valence-corrected chi connectivity index (χ0v) is 14.8. The van der Waals surface area contributed by atoms with Crippen LogP contribution in [-0.4, -0.2) is 21.8 Å². The molecule has 1 aromatic carbocycles. The molecular formula is C17H17N3O2S2. The van der Waals surface area contributed by atoms with Crippen molar-refractivity contribution in [3.8, 4) is 11.4 Å². The molecule has 24 heavy (non-hydrogen) atoms. The van der Waals surface area contributed by atoms with Crippen LogP contribution in [0.25, 0.3) is 11.4 Å². The predicted molar refractivity (Wildman–Crippen MR) is 96.8 cm³/mol. The summed E-state index contributed by atoms with van der Waals surface area (Å²) in [5, 5.41) is 8.87. The maximum Gasteiger partial charge on any atom is 0.236 e. The highest BCUT2D eigenvalue weighted by atomic mass is 32.2. The predicted octanol–water partition coefficient (Wildman–Crippen LogP) is 3.66. The zero-order chi connectivity index (χ0) is 16.8. The second-order valence-electron chi connectivity index (χ2n) is 5.23. The molecule has 0 aliphatic carbocycles. The van der Waals surface area contributed by atoms with Crippen molar-refractivity contribution in [1.82, 2.24) is 15.5 Å². The van der Waals surface area contributed by atoms with Crippen LogP contribution in [0.2, 0.25) is 0 Å². The summed E-state index contributed by atoms with van der Waals surface area (Å²) in [5.41, 5.74) is 2.11. The van der Waals surface area contributed by atoms with Gasteiger partial charge in [0.2, 0.25) is 17.6 Å². The fraction of sp³-hybridized carbons (Fsp3) is 0.235. The molecule has 0 unspecified atom stereocenters. The van der Waals surface area contributed by atoms with Gasteiger partial charge in [0.05, 0.1) is 18.1 Å². The Kier molecular flexibility index (Phi) is 5.66. The second-order valence-corrected chi connectivity index (χ2v) is 7.24. The van der Waals surface area contributed by atoms with Gasteiger partial charge in [-0.15, -0.1) is 23.1 Å². The number of carbonyl (C=O) groups excluding carboxylic acids is 1. The van der Waals surface area contributed by atoms with E-state index in [1.165, 1.54) is 17.3 Å². The molecule has 5 nitrogen and oxygen atoms in total. The Morgan fingerprint density at radius 1 is 1.29 bits per heavy atom. The van der Waals surface area contributed by atoms with Crippen molar-refractivity contribution >= 4 is 29.0 Å². The monoisotopic (exact) mass is 359 g/mol. The first-order chi connectivity index (χ1) is 11.7. The van der Waals surface area contributed by atoms with E-state index >= 15 is 0 Å². The smallest absolute Gasteiger partial charge is 0.236 e. The summed E-state index contributed by atoms with van der Waals surface area (Å²) in [4.78, 5) is 17.3.